The van der Waals surface area contributed by atoms with Crippen LogP contribution in [-0.4, -0.2) is 8.07 Å². The van der Waals surface area contributed by atoms with Crippen molar-refractivity contribution >= 4 is 18.4 Å². The van der Waals surface area contributed by atoms with Gasteiger partial charge in [0.1, 0.15) is 15.1 Å². The summed E-state index contributed by atoms with van der Waals surface area (Å²) in [5.74, 6) is 0. The number of hydrogen-bond donors (Lipinski definition) is 0. The van der Waals surface area contributed by atoms with E-state index in [1.807, 2.05) is 73.7 Å². The number of rotatable bonds is 1. The first-order valence-corrected chi connectivity index (χ1v) is 10.7. The molecule has 1 nitrogen and oxygen atoms in total. The lowest BCUT2D eigenvalue weighted by molar-refractivity contribution is -0.660. The molecule has 1 atom stereocenters. The van der Waals surface area contributed by atoms with Gasteiger partial charge in [-0.05, 0) is 46.9 Å². The minimum atomic E-state index is -3.10. The van der Waals surface area contributed by atoms with E-state index in [9.17, 15) is 0 Å². The summed E-state index contributed by atoms with van der Waals surface area (Å²) in [5.41, 5.74) is 5.20. The number of aryl methyl sites for hydroxylation is 3. The van der Waals surface area contributed by atoms with Gasteiger partial charge in [0.15, 0.2) is 6.20 Å². The van der Waals surface area contributed by atoms with Crippen molar-refractivity contribution in [3.63, 3.8) is 0 Å². The van der Waals surface area contributed by atoms with Crippen LogP contribution in [0.2, 0.25) is 13.0 Å². The number of nitrogens with zero attached hydrogens (tertiary/aromatic N) is 1. The fraction of sp³-hybridized carbons (Fsp3) is 0.227. The Bertz CT molecular complexity index is 1120. The lowest BCUT2D eigenvalue weighted by Gasteiger charge is -2.23. The van der Waals surface area contributed by atoms with E-state index in [0.717, 1.165) is 38.3 Å². The molecule has 0 bridgehead atoms. The SMILES string of the molecule is [2H]C([2H])c1ccc[n+](C)c1-c1c(C)ccc2c1[Si](C)(C([2H])([2H])[2H])c1ccccc1-2. The van der Waals surface area contributed by atoms with E-state index in [2.05, 4.69) is 0 Å². The minimum Gasteiger partial charge on any atom is -0.201 e. The number of aromatic nitrogens is 1. The van der Waals surface area contributed by atoms with Gasteiger partial charge in [-0.15, -0.1) is 0 Å². The van der Waals surface area contributed by atoms with Crippen LogP contribution in [0.5, 0.6) is 0 Å². The summed E-state index contributed by atoms with van der Waals surface area (Å²) >= 11 is 0. The van der Waals surface area contributed by atoms with E-state index < -0.39 is 21.4 Å². The molecule has 0 spiro atoms. The molecule has 0 amide bonds. The van der Waals surface area contributed by atoms with E-state index in [1.54, 1.807) is 6.07 Å². The van der Waals surface area contributed by atoms with Crippen molar-refractivity contribution in [2.45, 2.75) is 26.8 Å². The Morgan fingerprint density at radius 2 is 1.79 bits per heavy atom. The van der Waals surface area contributed by atoms with Crippen LogP contribution in [0.25, 0.3) is 22.4 Å². The fourth-order valence-electron chi connectivity index (χ4n) is 4.00. The molecule has 0 radical (unpaired) electrons. The standard InChI is InChI=1S/C22H24NSi/c1-15-12-13-18-17-10-6-7-11-19(17)24(4,5)22(18)20(15)21-16(2)9-8-14-23(21)3/h6-14H,1-5H3/q+1/i2D2,4D3. The lowest BCUT2D eigenvalue weighted by Crippen LogP contribution is -2.51. The summed E-state index contributed by atoms with van der Waals surface area (Å²) in [6, 6.07) is 15.6. The van der Waals surface area contributed by atoms with Crippen molar-refractivity contribution in [1.82, 2.24) is 0 Å². The minimum absolute atomic E-state index is 0.587. The van der Waals surface area contributed by atoms with Crippen molar-refractivity contribution in [2.24, 2.45) is 7.05 Å². The highest BCUT2D eigenvalue weighted by molar-refractivity contribution is 7.04. The average Bonchev–Trinajstić information content (AvgIpc) is 2.92. The van der Waals surface area contributed by atoms with Crippen LogP contribution in [0.1, 0.15) is 18.0 Å². The molecule has 1 aliphatic heterocycles. The van der Waals surface area contributed by atoms with Crippen molar-refractivity contribution in [1.29, 1.82) is 0 Å². The zero-order valence-corrected chi connectivity index (χ0v) is 15.2. The Labute approximate surface area is 152 Å². The van der Waals surface area contributed by atoms with Gasteiger partial charge in [0.2, 0.25) is 5.69 Å². The molecule has 1 aliphatic rings. The van der Waals surface area contributed by atoms with E-state index in [-0.39, 0.29) is 0 Å². The van der Waals surface area contributed by atoms with Crippen LogP contribution in [0.15, 0.2) is 54.7 Å². The summed E-state index contributed by atoms with van der Waals surface area (Å²) in [6.45, 7) is 0.658. The Morgan fingerprint density at radius 3 is 2.58 bits per heavy atom. The van der Waals surface area contributed by atoms with Gasteiger partial charge in [-0.2, -0.15) is 0 Å². The summed E-state index contributed by atoms with van der Waals surface area (Å²) in [6.07, 6.45) is 1.90. The van der Waals surface area contributed by atoms with Crippen LogP contribution >= 0.6 is 0 Å². The highest BCUT2D eigenvalue weighted by Crippen LogP contribution is 2.34. The Hall–Kier alpha value is -2.19. The van der Waals surface area contributed by atoms with Crippen LogP contribution in [0, 0.1) is 13.8 Å². The van der Waals surface area contributed by atoms with Crippen LogP contribution in [0.4, 0.5) is 0 Å². The van der Waals surface area contributed by atoms with Crippen LogP contribution in [-0.2, 0) is 7.05 Å². The van der Waals surface area contributed by atoms with Crippen LogP contribution in [0.3, 0.4) is 0 Å². The molecular weight excluding hydrogens is 306 g/mol. The van der Waals surface area contributed by atoms with Gasteiger partial charge in [0, 0.05) is 24.0 Å². The molecule has 0 saturated heterocycles. The maximum absolute atomic E-state index is 8.52. The number of pyridine rings is 1. The Kier molecular flexibility index (Phi) is 2.28. The van der Waals surface area contributed by atoms with Gasteiger partial charge in [0.25, 0.3) is 0 Å². The summed E-state index contributed by atoms with van der Waals surface area (Å²) in [7, 11) is -1.21. The average molecular weight is 336 g/mol. The Morgan fingerprint density at radius 1 is 0.958 bits per heavy atom. The molecule has 2 heterocycles. The molecule has 1 unspecified atom stereocenters. The molecule has 2 aromatic carbocycles. The second kappa shape index (κ2) is 5.15. The van der Waals surface area contributed by atoms with Gasteiger partial charge >= 0.3 is 0 Å². The summed E-state index contributed by atoms with van der Waals surface area (Å²) in [5, 5.41) is 1.85. The molecule has 24 heavy (non-hydrogen) atoms. The maximum atomic E-state index is 8.52. The first-order valence-electron chi connectivity index (χ1n) is 10.8. The van der Waals surface area contributed by atoms with E-state index in [4.69, 9.17) is 6.85 Å². The molecule has 0 saturated carbocycles. The van der Waals surface area contributed by atoms with Crippen molar-refractivity contribution in [2.75, 3.05) is 0 Å². The molecule has 1 aromatic heterocycles. The van der Waals surface area contributed by atoms with Gasteiger partial charge in [-0.3, -0.25) is 0 Å². The van der Waals surface area contributed by atoms with E-state index in [1.165, 1.54) is 0 Å². The van der Waals surface area contributed by atoms with Gasteiger partial charge < -0.3 is 0 Å². The molecule has 3 aromatic rings. The highest BCUT2D eigenvalue weighted by Gasteiger charge is 2.41. The van der Waals surface area contributed by atoms with Crippen molar-refractivity contribution in [3.05, 3.63) is 65.9 Å². The predicted molar refractivity (Wildman–Crippen MR) is 105 cm³/mol. The van der Waals surface area contributed by atoms with Crippen molar-refractivity contribution < 1.29 is 11.4 Å². The first kappa shape index (κ1) is 10.6. The second-order valence-corrected chi connectivity index (χ2v) is 10.1. The molecule has 0 aliphatic carbocycles. The summed E-state index contributed by atoms with van der Waals surface area (Å²) < 4.78 is 43.6. The zero-order valence-electron chi connectivity index (χ0n) is 19.2. The monoisotopic (exact) mass is 335 g/mol. The Balaban J connectivity index is 2.19. The second-order valence-electron chi connectivity index (χ2n) is 6.77. The molecule has 2 heteroatoms. The third kappa shape index (κ3) is 1.96. The molecule has 4 rings (SSSR count). The van der Waals surface area contributed by atoms with Gasteiger partial charge in [-0.25, -0.2) is 4.57 Å². The normalized spacial score (nSPS) is 22.1. The van der Waals surface area contributed by atoms with E-state index >= 15 is 0 Å². The highest BCUT2D eigenvalue weighted by atomic mass is 28.3. The number of fused-ring (bicyclic) bond motifs is 3. The molecule has 0 N–H and O–H groups in total. The van der Waals surface area contributed by atoms with Gasteiger partial charge in [-0.1, -0.05) is 49.4 Å². The predicted octanol–water partition coefficient (Wildman–Crippen LogP) is 3.60. The van der Waals surface area contributed by atoms with Crippen LogP contribution < -0.4 is 14.9 Å². The summed E-state index contributed by atoms with van der Waals surface area (Å²) in [4.78, 5) is 0. The smallest absolute Gasteiger partial charge is 0.201 e. The zero-order chi connectivity index (χ0) is 21.1. The quantitative estimate of drug-likeness (QED) is 0.472. The van der Waals surface area contributed by atoms with Gasteiger partial charge in [0.05, 0.1) is 0 Å². The molecule has 120 valence electrons. The fourth-order valence-corrected chi connectivity index (χ4v) is 7.03. The number of benzene rings is 2. The third-order valence-corrected chi connectivity index (χ3v) is 8.15. The van der Waals surface area contributed by atoms with Crippen molar-refractivity contribution in [3.8, 4) is 22.4 Å². The van der Waals surface area contributed by atoms with E-state index in [0.29, 0.717) is 5.56 Å². The largest absolute Gasteiger partial charge is 0.215 e. The first-order chi connectivity index (χ1) is 13.6. The molecular formula is C22H24NSi+. The maximum Gasteiger partial charge on any atom is 0.215 e. The number of hydrogen-bond acceptors (Lipinski definition) is 0. The molecule has 0 fully saturated rings. The lowest BCUT2D eigenvalue weighted by atomic mass is 9.95. The third-order valence-electron chi connectivity index (χ3n) is 5.12. The topological polar surface area (TPSA) is 3.88 Å².